The van der Waals surface area contributed by atoms with Crippen molar-refractivity contribution in [2.24, 2.45) is 11.8 Å². The van der Waals surface area contributed by atoms with Gasteiger partial charge in [0, 0.05) is 31.3 Å². The van der Waals surface area contributed by atoms with E-state index in [0.717, 1.165) is 83.4 Å². The lowest BCUT2D eigenvalue weighted by atomic mass is 9.89. The van der Waals surface area contributed by atoms with Crippen LogP contribution >= 0.6 is 11.3 Å². The SMILES string of the molecule is Cc1nc(NCC2CCOC2)nc(NC2CCC(C(C)(C)O)C2)c1-c1nc2c(C)nccc2s1. The highest BCUT2D eigenvalue weighted by atomic mass is 32.1. The Kier molecular flexibility index (Phi) is 6.43. The molecule has 2 aliphatic rings. The second-order valence-electron chi connectivity index (χ2n) is 10.2. The number of thiazole rings is 1. The Bertz CT molecular complexity index is 1170. The Hall–Kier alpha value is -2.36. The number of nitrogens with one attached hydrogen (secondary N) is 2. The first-order valence-corrected chi connectivity index (χ1v) is 13.0. The molecule has 0 spiro atoms. The number of anilines is 2. The Morgan fingerprint density at radius 1 is 1.15 bits per heavy atom. The molecule has 3 aromatic rings. The second-order valence-corrected chi connectivity index (χ2v) is 11.3. The minimum atomic E-state index is -0.672. The van der Waals surface area contributed by atoms with Gasteiger partial charge in [0.1, 0.15) is 16.3 Å². The number of rotatable bonds is 7. The third kappa shape index (κ3) is 4.87. The summed E-state index contributed by atoms with van der Waals surface area (Å²) in [7, 11) is 0. The molecule has 0 amide bonds. The van der Waals surface area contributed by atoms with Gasteiger partial charge in [-0.1, -0.05) is 0 Å². The zero-order valence-electron chi connectivity index (χ0n) is 20.4. The van der Waals surface area contributed by atoms with Gasteiger partial charge in [0.15, 0.2) is 0 Å². The zero-order chi connectivity index (χ0) is 23.9. The van der Waals surface area contributed by atoms with Crippen LogP contribution in [0.2, 0.25) is 0 Å². The highest BCUT2D eigenvalue weighted by molar-refractivity contribution is 7.21. The summed E-state index contributed by atoms with van der Waals surface area (Å²) >= 11 is 1.65. The molecule has 3 atom stereocenters. The van der Waals surface area contributed by atoms with Gasteiger partial charge in [0.25, 0.3) is 0 Å². The van der Waals surface area contributed by atoms with Crippen LogP contribution in [0.4, 0.5) is 11.8 Å². The Labute approximate surface area is 204 Å². The van der Waals surface area contributed by atoms with Gasteiger partial charge in [-0.3, -0.25) is 4.98 Å². The molecular formula is C25H34N6O2S. The van der Waals surface area contributed by atoms with Crippen molar-refractivity contribution in [1.82, 2.24) is 19.9 Å². The van der Waals surface area contributed by atoms with Gasteiger partial charge < -0.3 is 20.5 Å². The molecule has 2 fully saturated rings. The summed E-state index contributed by atoms with van der Waals surface area (Å²) in [4.78, 5) is 19.1. The fourth-order valence-corrected chi connectivity index (χ4v) is 6.14. The average Bonchev–Trinajstić information content (AvgIpc) is 3.53. The third-order valence-corrected chi connectivity index (χ3v) is 8.18. The maximum atomic E-state index is 10.5. The van der Waals surface area contributed by atoms with Crippen LogP contribution in [0.3, 0.4) is 0 Å². The van der Waals surface area contributed by atoms with Gasteiger partial charge in [-0.2, -0.15) is 4.98 Å². The number of fused-ring (bicyclic) bond motifs is 1. The maximum Gasteiger partial charge on any atom is 0.224 e. The van der Waals surface area contributed by atoms with Crippen molar-refractivity contribution >= 4 is 33.3 Å². The summed E-state index contributed by atoms with van der Waals surface area (Å²) in [5.74, 6) is 2.20. The molecule has 1 saturated heterocycles. The number of aliphatic hydroxyl groups is 1. The highest BCUT2D eigenvalue weighted by Crippen LogP contribution is 2.40. The van der Waals surface area contributed by atoms with Crippen molar-refractivity contribution < 1.29 is 9.84 Å². The fourth-order valence-electron chi connectivity index (χ4n) is 5.03. The number of nitrogens with zero attached hydrogens (tertiary/aromatic N) is 4. The summed E-state index contributed by atoms with van der Waals surface area (Å²) < 4.78 is 6.62. The van der Waals surface area contributed by atoms with E-state index in [-0.39, 0.29) is 12.0 Å². The Morgan fingerprint density at radius 2 is 2.00 bits per heavy atom. The molecule has 1 aliphatic heterocycles. The minimum absolute atomic E-state index is 0.248. The third-order valence-electron chi connectivity index (χ3n) is 7.14. The summed E-state index contributed by atoms with van der Waals surface area (Å²) in [5.41, 5.74) is 3.02. The normalized spacial score (nSPS) is 23.0. The Morgan fingerprint density at radius 3 is 2.71 bits per heavy atom. The average molecular weight is 483 g/mol. The molecule has 0 radical (unpaired) electrons. The van der Waals surface area contributed by atoms with Crippen LogP contribution in [0, 0.1) is 25.7 Å². The molecule has 0 aromatic carbocycles. The maximum absolute atomic E-state index is 10.5. The van der Waals surface area contributed by atoms with E-state index in [0.29, 0.717) is 11.9 Å². The van der Waals surface area contributed by atoms with E-state index in [4.69, 9.17) is 19.7 Å². The quantitative estimate of drug-likeness (QED) is 0.450. The van der Waals surface area contributed by atoms with E-state index < -0.39 is 5.60 Å². The molecule has 0 bridgehead atoms. The van der Waals surface area contributed by atoms with E-state index in [1.165, 1.54) is 0 Å². The van der Waals surface area contributed by atoms with Crippen LogP contribution in [0.15, 0.2) is 12.3 Å². The first-order valence-electron chi connectivity index (χ1n) is 12.2. The molecule has 34 heavy (non-hydrogen) atoms. The van der Waals surface area contributed by atoms with Crippen LogP contribution in [0.1, 0.15) is 50.9 Å². The Balaban J connectivity index is 1.48. The number of hydrogen-bond donors (Lipinski definition) is 3. The second kappa shape index (κ2) is 9.36. The van der Waals surface area contributed by atoms with E-state index in [1.54, 1.807) is 11.3 Å². The molecule has 4 heterocycles. The number of ether oxygens (including phenoxy) is 1. The summed E-state index contributed by atoms with van der Waals surface area (Å²) in [6.07, 6.45) is 5.81. The first-order chi connectivity index (χ1) is 16.3. The van der Waals surface area contributed by atoms with Crippen LogP contribution in [0.25, 0.3) is 20.8 Å². The molecule has 3 unspecified atom stereocenters. The predicted octanol–water partition coefficient (Wildman–Crippen LogP) is 4.57. The zero-order valence-corrected chi connectivity index (χ0v) is 21.2. The van der Waals surface area contributed by atoms with Gasteiger partial charge in [0.05, 0.1) is 33.9 Å². The standard InChI is InChI=1S/C25H34N6O2S/c1-14-20(23-30-21-15(2)26-9-7-19(21)34-23)22(29-18-6-5-17(11-18)25(3,4)32)31-24(28-14)27-12-16-8-10-33-13-16/h7,9,16-18,32H,5-6,8,10-13H2,1-4H3,(H2,27,28,29,31). The van der Waals surface area contributed by atoms with Gasteiger partial charge >= 0.3 is 0 Å². The van der Waals surface area contributed by atoms with Crippen LogP contribution < -0.4 is 10.6 Å². The lowest BCUT2D eigenvalue weighted by Gasteiger charge is -2.25. The lowest BCUT2D eigenvalue weighted by Crippen LogP contribution is -2.30. The molecule has 9 heteroatoms. The summed E-state index contributed by atoms with van der Waals surface area (Å²) in [5, 5.41) is 18.5. The summed E-state index contributed by atoms with van der Waals surface area (Å²) in [6.45, 7) is 10.2. The van der Waals surface area contributed by atoms with E-state index in [2.05, 4.69) is 15.6 Å². The van der Waals surface area contributed by atoms with E-state index in [9.17, 15) is 5.11 Å². The number of aryl methyl sites for hydroxylation is 2. The number of aromatic nitrogens is 4. The number of hydrogen-bond acceptors (Lipinski definition) is 9. The fraction of sp³-hybridized carbons (Fsp3) is 0.600. The van der Waals surface area contributed by atoms with Crippen LogP contribution in [-0.4, -0.2) is 56.4 Å². The molecular weight excluding hydrogens is 448 g/mol. The van der Waals surface area contributed by atoms with E-state index in [1.807, 2.05) is 40.0 Å². The van der Waals surface area contributed by atoms with Gasteiger partial charge in [0.2, 0.25) is 5.95 Å². The molecule has 3 N–H and O–H groups in total. The van der Waals surface area contributed by atoms with Crippen molar-refractivity contribution in [3.63, 3.8) is 0 Å². The molecule has 3 aromatic heterocycles. The molecule has 1 saturated carbocycles. The monoisotopic (exact) mass is 482 g/mol. The highest BCUT2D eigenvalue weighted by Gasteiger charge is 2.35. The number of pyridine rings is 1. The van der Waals surface area contributed by atoms with Gasteiger partial charge in [-0.25, -0.2) is 9.97 Å². The van der Waals surface area contributed by atoms with Crippen molar-refractivity contribution in [3.8, 4) is 10.6 Å². The smallest absolute Gasteiger partial charge is 0.224 e. The van der Waals surface area contributed by atoms with Gasteiger partial charge in [-0.15, -0.1) is 11.3 Å². The van der Waals surface area contributed by atoms with Crippen molar-refractivity contribution in [2.45, 2.75) is 65.0 Å². The largest absolute Gasteiger partial charge is 0.390 e. The summed E-state index contributed by atoms with van der Waals surface area (Å²) in [6, 6.07) is 2.26. The van der Waals surface area contributed by atoms with E-state index >= 15 is 0 Å². The van der Waals surface area contributed by atoms with Crippen LogP contribution in [-0.2, 0) is 4.74 Å². The first kappa shape index (κ1) is 23.4. The van der Waals surface area contributed by atoms with Crippen LogP contribution in [0.5, 0.6) is 0 Å². The van der Waals surface area contributed by atoms with Gasteiger partial charge in [-0.05, 0) is 65.4 Å². The topological polar surface area (TPSA) is 105 Å². The van der Waals surface area contributed by atoms with Crippen molar-refractivity contribution in [3.05, 3.63) is 23.7 Å². The molecule has 5 rings (SSSR count). The molecule has 1 aliphatic carbocycles. The van der Waals surface area contributed by atoms with Crippen molar-refractivity contribution in [2.75, 3.05) is 30.4 Å². The molecule has 182 valence electrons. The lowest BCUT2D eigenvalue weighted by molar-refractivity contribution is 0.0197. The predicted molar refractivity (Wildman–Crippen MR) is 136 cm³/mol. The minimum Gasteiger partial charge on any atom is -0.390 e. The molecule has 8 nitrogen and oxygen atoms in total. The van der Waals surface area contributed by atoms with Crippen molar-refractivity contribution in [1.29, 1.82) is 0 Å².